The van der Waals surface area contributed by atoms with Gasteiger partial charge in [0.1, 0.15) is 11.9 Å². The quantitative estimate of drug-likeness (QED) is 0.802. The van der Waals surface area contributed by atoms with Crippen molar-refractivity contribution in [1.82, 2.24) is 10.2 Å². The monoisotopic (exact) mass is 313 g/mol. The van der Waals surface area contributed by atoms with Crippen LogP contribution in [0.15, 0.2) is 24.3 Å². The first-order valence-corrected chi connectivity index (χ1v) is 7.87. The predicted molar refractivity (Wildman–Crippen MR) is 82.4 cm³/mol. The second-order valence-corrected chi connectivity index (χ2v) is 5.65. The number of primary amides is 1. The second-order valence-electron chi connectivity index (χ2n) is 4.67. The number of hydrogen-bond donors (Lipinski definition) is 2. The highest BCUT2D eigenvalue weighted by Crippen LogP contribution is 2.09. The molecule has 0 aliphatic carbocycles. The van der Waals surface area contributed by atoms with E-state index < -0.39 is 12.1 Å². The third-order valence-electron chi connectivity index (χ3n) is 2.91. The van der Waals surface area contributed by atoms with Crippen LogP contribution in [0.2, 0.25) is 0 Å². The average Bonchev–Trinajstić information content (AvgIpc) is 2.42. The summed E-state index contributed by atoms with van der Waals surface area (Å²) in [7, 11) is 1.61. The van der Waals surface area contributed by atoms with Crippen LogP contribution >= 0.6 is 11.8 Å². The van der Waals surface area contributed by atoms with Crippen molar-refractivity contribution in [3.63, 3.8) is 0 Å². The zero-order chi connectivity index (χ0) is 15.8. The summed E-state index contributed by atoms with van der Waals surface area (Å²) in [4.78, 5) is 24.8. The van der Waals surface area contributed by atoms with Gasteiger partial charge in [-0.2, -0.15) is 11.8 Å². The Morgan fingerprint density at radius 2 is 2.19 bits per heavy atom. The van der Waals surface area contributed by atoms with Crippen LogP contribution in [-0.2, 0) is 11.3 Å². The van der Waals surface area contributed by atoms with Crippen LogP contribution < -0.4 is 11.1 Å². The van der Waals surface area contributed by atoms with Crippen molar-refractivity contribution in [2.75, 3.05) is 19.1 Å². The lowest BCUT2D eigenvalue weighted by Gasteiger charge is -2.24. The molecule has 0 aliphatic rings. The van der Waals surface area contributed by atoms with Crippen molar-refractivity contribution in [3.05, 3.63) is 35.6 Å². The fourth-order valence-corrected chi connectivity index (χ4v) is 2.39. The van der Waals surface area contributed by atoms with Crippen LogP contribution in [0.25, 0.3) is 0 Å². The molecule has 0 bridgehead atoms. The molecule has 0 fully saturated rings. The van der Waals surface area contributed by atoms with E-state index in [4.69, 9.17) is 5.73 Å². The van der Waals surface area contributed by atoms with Gasteiger partial charge in [0.25, 0.3) is 0 Å². The number of thioether (sulfide) groups is 1. The van der Waals surface area contributed by atoms with Gasteiger partial charge in [-0.15, -0.1) is 0 Å². The Kier molecular flexibility index (Phi) is 7.01. The Labute approximate surface area is 128 Å². The largest absolute Gasteiger partial charge is 0.352 e. The molecule has 0 radical (unpaired) electrons. The van der Waals surface area contributed by atoms with Gasteiger partial charge >= 0.3 is 6.03 Å². The minimum Gasteiger partial charge on any atom is -0.352 e. The third kappa shape index (κ3) is 6.03. The number of carbonyl (C=O) groups is 2. The van der Waals surface area contributed by atoms with Crippen molar-refractivity contribution in [1.29, 1.82) is 0 Å². The third-order valence-corrected chi connectivity index (χ3v) is 3.55. The molecule has 0 spiro atoms. The van der Waals surface area contributed by atoms with Gasteiger partial charge < -0.3 is 16.0 Å². The molecule has 1 unspecified atom stereocenters. The topological polar surface area (TPSA) is 75.4 Å². The van der Waals surface area contributed by atoms with Crippen molar-refractivity contribution in [2.24, 2.45) is 5.73 Å². The highest BCUT2D eigenvalue weighted by molar-refractivity contribution is 7.98. The Balaban J connectivity index is 2.70. The molecule has 0 aliphatic heterocycles. The van der Waals surface area contributed by atoms with Gasteiger partial charge in [-0.3, -0.25) is 4.79 Å². The number of benzene rings is 1. The van der Waals surface area contributed by atoms with Gasteiger partial charge in [0, 0.05) is 13.6 Å². The molecule has 1 aromatic rings. The maximum absolute atomic E-state index is 13.1. The molecule has 3 N–H and O–H groups in total. The maximum atomic E-state index is 13.1. The summed E-state index contributed by atoms with van der Waals surface area (Å²) in [5.41, 5.74) is 5.79. The standard InChI is InChI=1S/C14H20FN3O2S/c1-18(9-10-4-3-5-11(15)8-10)13(19)12(6-7-21-2)17-14(16)20/h3-5,8,12H,6-7,9H2,1-2H3,(H3,16,17,20). The van der Waals surface area contributed by atoms with Gasteiger partial charge in [-0.05, 0) is 36.1 Å². The van der Waals surface area contributed by atoms with E-state index >= 15 is 0 Å². The number of urea groups is 1. The lowest BCUT2D eigenvalue weighted by Crippen LogP contribution is -2.49. The van der Waals surface area contributed by atoms with E-state index in [-0.39, 0.29) is 18.3 Å². The van der Waals surface area contributed by atoms with Crippen molar-refractivity contribution < 1.29 is 14.0 Å². The summed E-state index contributed by atoms with van der Waals surface area (Å²) >= 11 is 1.58. The lowest BCUT2D eigenvalue weighted by molar-refractivity contribution is -0.132. The van der Waals surface area contributed by atoms with E-state index in [1.807, 2.05) is 6.26 Å². The number of nitrogens with one attached hydrogen (secondary N) is 1. The zero-order valence-electron chi connectivity index (χ0n) is 12.1. The van der Waals surface area contributed by atoms with Crippen molar-refractivity contribution in [2.45, 2.75) is 19.0 Å². The highest BCUT2D eigenvalue weighted by Gasteiger charge is 2.22. The molecular weight excluding hydrogens is 293 g/mol. The minimum absolute atomic E-state index is 0.243. The first kappa shape index (κ1) is 17.3. The number of rotatable bonds is 7. The molecule has 3 amide bonds. The molecule has 1 rings (SSSR count). The van der Waals surface area contributed by atoms with Gasteiger partial charge in [0.2, 0.25) is 5.91 Å². The Hall–Kier alpha value is -1.76. The summed E-state index contributed by atoms with van der Waals surface area (Å²) < 4.78 is 13.1. The Morgan fingerprint density at radius 3 is 2.76 bits per heavy atom. The smallest absolute Gasteiger partial charge is 0.312 e. The lowest BCUT2D eigenvalue weighted by atomic mass is 10.1. The molecule has 0 aromatic heterocycles. The molecule has 116 valence electrons. The molecule has 5 nitrogen and oxygen atoms in total. The van der Waals surface area contributed by atoms with E-state index in [1.165, 1.54) is 17.0 Å². The summed E-state index contributed by atoms with van der Waals surface area (Å²) in [5, 5.41) is 2.45. The van der Waals surface area contributed by atoms with Crippen LogP contribution in [0.4, 0.5) is 9.18 Å². The summed E-state index contributed by atoms with van der Waals surface area (Å²) in [6.07, 6.45) is 2.42. The van der Waals surface area contributed by atoms with Crippen LogP contribution in [0.3, 0.4) is 0 Å². The highest BCUT2D eigenvalue weighted by atomic mass is 32.2. The van der Waals surface area contributed by atoms with E-state index in [0.717, 1.165) is 5.75 Å². The number of hydrogen-bond acceptors (Lipinski definition) is 3. The second kappa shape index (κ2) is 8.51. The summed E-state index contributed by atoms with van der Waals surface area (Å²) in [6.45, 7) is 0.271. The van der Waals surface area contributed by atoms with Crippen LogP contribution in [-0.4, -0.2) is 41.9 Å². The summed E-state index contributed by atoms with van der Waals surface area (Å²) in [5.74, 6) is 0.138. The number of likely N-dealkylation sites (N-methyl/N-ethyl adjacent to an activating group) is 1. The van der Waals surface area contributed by atoms with Gasteiger partial charge in [0.15, 0.2) is 0 Å². The molecule has 21 heavy (non-hydrogen) atoms. The molecule has 1 atom stereocenters. The van der Waals surface area contributed by atoms with Gasteiger partial charge in [-0.25, -0.2) is 9.18 Å². The Bertz CT molecular complexity index is 499. The molecular formula is C14H20FN3O2S. The number of carbonyl (C=O) groups excluding carboxylic acids is 2. The van der Waals surface area contributed by atoms with E-state index in [9.17, 15) is 14.0 Å². The Morgan fingerprint density at radius 1 is 1.48 bits per heavy atom. The predicted octanol–water partition coefficient (Wildman–Crippen LogP) is 1.57. The minimum atomic E-state index is -0.728. The van der Waals surface area contributed by atoms with E-state index in [2.05, 4.69) is 5.32 Å². The first-order chi connectivity index (χ1) is 9.93. The van der Waals surface area contributed by atoms with Crippen molar-refractivity contribution >= 4 is 23.7 Å². The van der Waals surface area contributed by atoms with Gasteiger partial charge in [0.05, 0.1) is 0 Å². The number of nitrogens with two attached hydrogens (primary N) is 1. The fourth-order valence-electron chi connectivity index (χ4n) is 1.92. The normalized spacial score (nSPS) is 11.8. The van der Waals surface area contributed by atoms with E-state index in [0.29, 0.717) is 12.0 Å². The fraction of sp³-hybridized carbons (Fsp3) is 0.429. The SMILES string of the molecule is CSCCC(NC(N)=O)C(=O)N(C)Cc1cccc(F)c1. The molecule has 7 heteroatoms. The molecule has 0 saturated heterocycles. The van der Waals surface area contributed by atoms with E-state index in [1.54, 1.807) is 30.9 Å². The average molecular weight is 313 g/mol. The first-order valence-electron chi connectivity index (χ1n) is 6.48. The molecule has 1 aromatic carbocycles. The number of nitrogens with zero attached hydrogens (tertiary/aromatic N) is 1. The van der Waals surface area contributed by atoms with Crippen LogP contribution in [0, 0.1) is 5.82 Å². The zero-order valence-corrected chi connectivity index (χ0v) is 13.0. The summed E-state index contributed by atoms with van der Waals surface area (Å²) in [6, 6.07) is 4.67. The van der Waals surface area contributed by atoms with Crippen molar-refractivity contribution in [3.8, 4) is 0 Å². The maximum Gasteiger partial charge on any atom is 0.312 e. The molecule has 0 heterocycles. The number of halogens is 1. The van der Waals surface area contributed by atoms with Crippen LogP contribution in [0.5, 0.6) is 0 Å². The van der Waals surface area contributed by atoms with Gasteiger partial charge in [-0.1, -0.05) is 12.1 Å². The molecule has 0 saturated carbocycles. The number of amides is 3. The van der Waals surface area contributed by atoms with Crippen LogP contribution in [0.1, 0.15) is 12.0 Å².